The number of halogens is 19. The number of rotatable bonds is 6. The highest BCUT2D eigenvalue weighted by molar-refractivity contribution is 6.29. The first-order valence-corrected chi connectivity index (χ1v) is 17.3. The van der Waals surface area contributed by atoms with Crippen LogP contribution < -0.4 is 0 Å². The molecule has 0 saturated heterocycles. The molecular weight excluding hydrogens is 892 g/mol. The number of amides is 2. The summed E-state index contributed by atoms with van der Waals surface area (Å²) in [5, 5.41) is -1.67. The number of nitrogens with zero attached hydrogens (tertiary/aromatic N) is 1. The van der Waals surface area contributed by atoms with E-state index in [-0.39, 0.29) is 60.8 Å². The second kappa shape index (κ2) is 14.9. The highest BCUT2D eigenvalue weighted by Crippen LogP contribution is 2.50. The Kier molecular flexibility index (Phi) is 11.0. The number of carbonyl (C=O) groups is 2. The quantitative estimate of drug-likeness (QED) is 0.0967. The molecule has 1 aliphatic heterocycles. The average molecular weight is 910 g/mol. The largest absolute Gasteiger partial charge is 0.416 e. The van der Waals surface area contributed by atoms with Crippen molar-refractivity contribution >= 4 is 34.2 Å². The van der Waals surface area contributed by atoms with Gasteiger partial charge in [0.05, 0.1) is 33.4 Å². The first-order valence-electron chi connectivity index (χ1n) is 16.8. The van der Waals surface area contributed by atoms with E-state index in [0.717, 1.165) is 0 Å². The Morgan fingerprint density at radius 2 is 0.721 bits per heavy atom. The minimum absolute atomic E-state index is 0.00791. The van der Waals surface area contributed by atoms with E-state index in [4.69, 9.17) is 11.6 Å². The van der Waals surface area contributed by atoms with Crippen LogP contribution in [0.2, 0.25) is 0 Å². The van der Waals surface area contributed by atoms with E-state index in [0.29, 0.717) is 23.1 Å². The Bertz CT molecular complexity index is 2480. The lowest BCUT2D eigenvalue weighted by Gasteiger charge is -2.30. The maximum absolute atomic E-state index is 14.2. The monoisotopic (exact) mass is 909 g/mol. The lowest BCUT2D eigenvalue weighted by atomic mass is 9.81. The summed E-state index contributed by atoms with van der Waals surface area (Å²) < 4.78 is 254. The Labute approximate surface area is 334 Å². The molecule has 324 valence electrons. The lowest BCUT2D eigenvalue weighted by molar-refractivity contribution is -0.144. The molecule has 0 bridgehead atoms. The molecule has 61 heavy (non-hydrogen) atoms. The maximum Gasteiger partial charge on any atom is 0.416 e. The van der Waals surface area contributed by atoms with Crippen LogP contribution in [0.3, 0.4) is 0 Å². The first kappa shape index (κ1) is 45.1. The smallest absolute Gasteiger partial charge is 0.274 e. The molecule has 22 heteroatoms. The number of alkyl halides is 19. The fourth-order valence-electron chi connectivity index (χ4n) is 6.74. The topological polar surface area (TPSA) is 37.4 Å². The minimum atomic E-state index is -5.64. The molecule has 6 rings (SSSR count). The van der Waals surface area contributed by atoms with Gasteiger partial charge in [-0.05, 0) is 118 Å². The summed E-state index contributed by atoms with van der Waals surface area (Å²) in [4.78, 5) is 28.4. The highest BCUT2D eigenvalue weighted by Gasteiger charge is 2.42. The van der Waals surface area contributed by atoms with Crippen molar-refractivity contribution in [2.24, 2.45) is 0 Å². The summed E-state index contributed by atoms with van der Waals surface area (Å²) in [7, 11) is 0. The van der Waals surface area contributed by atoms with Gasteiger partial charge in [0.25, 0.3) is 11.8 Å². The lowest BCUT2D eigenvalue weighted by Crippen LogP contribution is -2.41. The Balaban J connectivity index is 1.91. The van der Waals surface area contributed by atoms with Crippen molar-refractivity contribution in [2.45, 2.75) is 43.5 Å². The normalized spacial score (nSPS) is 14.4. The zero-order chi connectivity index (χ0) is 45.6. The van der Waals surface area contributed by atoms with Crippen LogP contribution in [-0.4, -0.2) is 29.1 Å². The van der Waals surface area contributed by atoms with Crippen LogP contribution >= 0.6 is 11.6 Å². The molecule has 0 unspecified atom stereocenters. The molecule has 5 aromatic carbocycles. The van der Waals surface area contributed by atoms with E-state index in [2.05, 4.69) is 0 Å². The van der Waals surface area contributed by atoms with Gasteiger partial charge in [0.2, 0.25) is 0 Å². The van der Waals surface area contributed by atoms with Gasteiger partial charge in [-0.25, -0.2) is 0 Å². The van der Waals surface area contributed by atoms with Crippen LogP contribution in [0.15, 0.2) is 72.8 Å². The van der Waals surface area contributed by atoms with Crippen LogP contribution in [0.25, 0.3) is 44.2 Å². The third kappa shape index (κ3) is 8.83. The van der Waals surface area contributed by atoms with E-state index >= 15 is 0 Å². The molecule has 0 aromatic heterocycles. The van der Waals surface area contributed by atoms with Crippen molar-refractivity contribution in [1.82, 2.24) is 4.90 Å². The Morgan fingerprint density at radius 1 is 0.393 bits per heavy atom. The summed E-state index contributed by atoms with van der Waals surface area (Å²) in [6.45, 7) is -0.588. The molecule has 0 atom stereocenters. The van der Waals surface area contributed by atoms with Gasteiger partial charge in [-0.2, -0.15) is 79.0 Å². The van der Waals surface area contributed by atoms with Gasteiger partial charge in [-0.15, -0.1) is 11.6 Å². The molecule has 0 radical (unpaired) electrons. The molecule has 1 heterocycles. The van der Waals surface area contributed by atoms with Gasteiger partial charge in [0.1, 0.15) is 0 Å². The van der Waals surface area contributed by atoms with Crippen LogP contribution in [-0.2, 0) is 37.1 Å². The number of hydrogen-bond acceptors (Lipinski definition) is 2. The average Bonchev–Trinajstić information content (AvgIpc) is 3.13. The fraction of sp³-hybridized carbons (Fsp3) is 0.231. The molecule has 1 aliphatic rings. The van der Waals surface area contributed by atoms with Crippen LogP contribution in [0.1, 0.15) is 60.5 Å². The Hall–Kier alpha value is -5.47. The van der Waals surface area contributed by atoms with Crippen LogP contribution in [0, 0.1) is 0 Å². The van der Waals surface area contributed by atoms with Crippen molar-refractivity contribution in [1.29, 1.82) is 0 Å². The van der Waals surface area contributed by atoms with Crippen LogP contribution in [0.5, 0.6) is 0 Å². The van der Waals surface area contributed by atoms with E-state index in [1.54, 1.807) is 0 Å². The predicted octanol–water partition coefficient (Wildman–Crippen LogP) is 14.2. The van der Waals surface area contributed by atoms with Gasteiger partial charge >= 0.3 is 37.1 Å². The summed E-state index contributed by atoms with van der Waals surface area (Å²) in [5.74, 6) is -2.99. The van der Waals surface area contributed by atoms with Crippen molar-refractivity contribution < 1.29 is 88.6 Å². The standard InChI is InChI=1S/C39H18ClF18NO2/c40-2-1-3-59-32(60)28-11-17(16-4-20(34(41,42)43)12-21(5-16)35(44,45)46)10-27-30(19-8-24(38(53,54)55)14-25(9-19)39(56,57)58)26(15-29(31(27)28)33(59)61)18-6-22(36(47,48)49)13-23(7-18)37(50,51)52/h4-15H,1-3H2. The summed E-state index contributed by atoms with van der Waals surface area (Å²) in [6.07, 6.45) is -33.7. The predicted molar refractivity (Wildman–Crippen MR) is 181 cm³/mol. The van der Waals surface area contributed by atoms with Crippen molar-refractivity contribution in [3.05, 3.63) is 117 Å². The second-order valence-electron chi connectivity index (χ2n) is 13.5. The summed E-state index contributed by atoms with van der Waals surface area (Å²) >= 11 is 5.72. The molecule has 0 spiro atoms. The Morgan fingerprint density at radius 3 is 1.08 bits per heavy atom. The molecule has 5 aromatic rings. The SMILES string of the molecule is O=C1c2cc(-c3cc(C(F)(F)F)cc(C(F)(F)F)c3)cc3c(-c4cc(C(F)(F)F)cc(C(F)(F)F)c4)c(-c4cc(C(F)(F)F)cc(C(F)(F)F)c4)cc(c23)C(=O)N1CCCCl. The number of carbonyl (C=O) groups excluding carboxylic acids is 2. The molecule has 3 nitrogen and oxygen atoms in total. The summed E-state index contributed by atoms with van der Waals surface area (Å²) in [6, 6.07) is 0.915. The molecule has 0 aliphatic carbocycles. The summed E-state index contributed by atoms with van der Waals surface area (Å²) in [5.41, 5.74) is -20.4. The third-order valence-corrected chi connectivity index (χ3v) is 9.66. The number of hydrogen-bond donors (Lipinski definition) is 0. The molecule has 2 amide bonds. The van der Waals surface area contributed by atoms with Crippen LogP contribution in [0.4, 0.5) is 79.0 Å². The highest BCUT2D eigenvalue weighted by atomic mass is 35.5. The van der Waals surface area contributed by atoms with Gasteiger partial charge in [0, 0.05) is 28.9 Å². The zero-order valence-corrected chi connectivity index (χ0v) is 30.3. The van der Waals surface area contributed by atoms with E-state index in [1.165, 1.54) is 0 Å². The van der Waals surface area contributed by atoms with Crippen molar-refractivity contribution in [3.8, 4) is 33.4 Å². The minimum Gasteiger partial charge on any atom is -0.274 e. The van der Waals surface area contributed by atoms with E-state index in [9.17, 15) is 88.6 Å². The maximum atomic E-state index is 14.2. The zero-order valence-electron chi connectivity index (χ0n) is 29.5. The molecule has 0 fully saturated rings. The number of imide groups is 1. The first-order chi connectivity index (χ1) is 27.8. The third-order valence-electron chi connectivity index (χ3n) is 9.40. The van der Waals surface area contributed by atoms with Crippen molar-refractivity contribution in [3.63, 3.8) is 0 Å². The van der Waals surface area contributed by atoms with E-state index < -0.39 is 150 Å². The fourth-order valence-corrected chi connectivity index (χ4v) is 6.86. The van der Waals surface area contributed by atoms with E-state index in [1.807, 2.05) is 0 Å². The molecule has 0 saturated carbocycles. The molecular formula is C39H18ClF18NO2. The van der Waals surface area contributed by atoms with Gasteiger partial charge in [-0.3, -0.25) is 14.5 Å². The van der Waals surface area contributed by atoms with Gasteiger partial charge in [-0.1, -0.05) is 0 Å². The molecule has 0 N–H and O–H groups in total. The number of benzene rings is 5. The van der Waals surface area contributed by atoms with Gasteiger partial charge in [0.15, 0.2) is 0 Å². The van der Waals surface area contributed by atoms with Gasteiger partial charge < -0.3 is 0 Å². The second-order valence-corrected chi connectivity index (χ2v) is 13.9. The van der Waals surface area contributed by atoms with Crippen molar-refractivity contribution in [2.75, 3.05) is 12.4 Å².